The normalized spacial score (nSPS) is 33.3. The van der Waals surface area contributed by atoms with Crippen molar-refractivity contribution >= 4 is 23.0 Å². The Kier molecular flexibility index (Phi) is 2.87. The molecule has 5 heteroatoms. The topological polar surface area (TPSA) is 30.9 Å². The molecule has 0 amide bonds. The second-order valence-electron chi connectivity index (χ2n) is 6.82. The van der Waals surface area contributed by atoms with Gasteiger partial charge >= 0.3 is 0 Å². The lowest BCUT2D eigenvalue weighted by molar-refractivity contribution is 0.0739. The zero-order valence-electron chi connectivity index (χ0n) is 13.1. The summed E-state index contributed by atoms with van der Waals surface area (Å²) in [6.45, 7) is 1.08. The molecule has 4 aliphatic rings. The van der Waals surface area contributed by atoms with Crippen LogP contribution in [-0.4, -0.2) is 37.7 Å². The molecule has 4 nitrogen and oxygen atoms in total. The van der Waals surface area contributed by atoms with Crippen LogP contribution in [0.5, 0.6) is 11.5 Å². The average molecular weight is 423 g/mol. The molecule has 0 aromatic heterocycles. The summed E-state index contributed by atoms with van der Waals surface area (Å²) in [6.07, 6.45) is 6.40. The molecule has 5 rings (SSSR count). The van der Waals surface area contributed by atoms with Gasteiger partial charge in [-0.2, -0.15) is 0 Å². The summed E-state index contributed by atoms with van der Waals surface area (Å²) in [6, 6.07) is 4.71. The van der Waals surface area contributed by atoms with Crippen molar-refractivity contribution < 1.29 is 12.5 Å². The van der Waals surface area contributed by atoms with E-state index in [0.29, 0.717) is 6.04 Å². The van der Waals surface area contributed by atoms with Crippen molar-refractivity contribution in [3.8, 4) is 11.5 Å². The number of likely N-dealkylation sites (tertiary alicyclic amines) is 1. The minimum Gasteiger partial charge on any atom is -0.497 e. The third-order valence-electron chi connectivity index (χ3n) is 6.02. The van der Waals surface area contributed by atoms with Gasteiger partial charge in [0.15, 0.2) is 40.6 Å². The number of rotatable bonds is 2. The number of nitrogens with zero attached hydrogens (tertiary/aromatic N) is 1. The van der Waals surface area contributed by atoms with Crippen molar-refractivity contribution in [3.05, 3.63) is 46.7 Å². The third-order valence-corrected chi connectivity index (χ3v) is 6.49. The number of allylic oxidation sites excluding steroid dienone is 2. The monoisotopic (exact) mass is 423 g/mol. The molecule has 2 heterocycles. The van der Waals surface area contributed by atoms with Crippen LogP contribution in [-0.2, 0) is 16.6 Å². The van der Waals surface area contributed by atoms with Gasteiger partial charge in [0.2, 0.25) is 0 Å². The summed E-state index contributed by atoms with van der Waals surface area (Å²) in [4.78, 5) is 2.48. The Morgan fingerprint density at radius 1 is 1.35 bits per heavy atom. The molecular weight excluding hydrogens is 405 g/mol. The van der Waals surface area contributed by atoms with Crippen molar-refractivity contribution in [3.63, 3.8) is 0 Å². The first-order valence-electron chi connectivity index (χ1n) is 7.99. The highest BCUT2D eigenvalue weighted by molar-refractivity contribution is 14.1. The molecular formula is C18H18INO3. The molecule has 1 spiro atoms. The van der Waals surface area contributed by atoms with Gasteiger partial charge in [-0.25, -0.2) is 0 Å². The van der Waals surface area contributed by atoms with Crippen molar-refractivity contribution in [2.45, 2.75) is 30.4 Å². The van der Waals surface area contributed by atoms with Crippen LogP contribution in [0.2, 0.25) is 0 Å². The van der Waals surface area contributed by atoms with Crippen LogP contribution < -0.4 is 7.80 Å². The van der Waals surface area contributed by atoms with Crippen molar-refractivity contribution in [1.82, 2.24) is 4.90 Å². The van der Waals surface area contributed by atoms with E-state index in [2.05, 4.69) is 30.2 Å². The van der Waals surface area contributed by atoms with Crippen LogP contribution in [0.3, 0.4) is 0 Å². The number of piperidine rings is 1. The molecule has 120 valence electrons. The fourth-order valence-corrected chi connectivity index (χ4v) is 5.35. The Morgan fingerprint density at radius 2 is 2.22 bits per heavy atom. The Morgan fingerprint density at radius 3 is 3.00 bits per heavy atom. The molecule has 1 unspecified atom stereocenters. The van der Waals surface area contributed by atoms with Crippen molar-refractivity contribution in [1.29, 1.82) is 0 Å². The van der Waals surface area contributed by atoms with Gasteiger partial charge in [0.1, 0.15) is 5.76 Å². The van der Waals surface area contributed by atoms with Gasteiger partial charge in [-0.15, -0.1) is 0 Å². The van der Waals surface area contributed by atoms with Crippen LogP contribution in [0.1, 0.15) is 17.5 Å². The predicted molar refractivity (Wildman–Crippen MR) is 95.1 cm³/mol. The number of benzene rings is 1. The first kappa shape index (κ1) is 14.2. The van der Waals surface area contributed by atoms with Crippen LogP contribution in [0, 0.1) is 0 Å². The van der Waals surface area contributed by atoms with Gasteiger partial charge in [0, 0.05) is 11.6 Å². The number of ether oxygens (including phenoxy) is 2. The standard InChI is InChI=1S/C18H18INO3/c1-20-8-7-18-11-4-6-14(21-2)17(18)22-16-13(23-19)5-3-10(15(16)18)9-12(11)20/h3-6,12,17H,7-9H2,1-2H3/t12-,17?,18+/m1/s1. The third kappa shape index (κ3) is 1.55. The van der Waals surface area contributed by atoms with E-state index >= 15 is 0 Å². The molecule has 23 heavy (non-hydrogen) atoms. The van der Waals surface area contributed by atoms with Gasteiger partial charge in [0.05, 0.1) is 12.5 Å². The minimum atomic E-state index is -0.0780. The number of methoxy groups -OCH3 is 1. The van der Waals surface area contributed by atoms with E-state index in [-0.39, 0.29) is 11.5 Å². The number of hydrogen-bond acceptors (Lipinski definition) is 4. The molecule has 2 aliphatic carbocycles. The molecule has 0 radical (unpaired) electrons. The van der Waals surface area contributed by atoms with E-state index in [9.17, 15) is 0 Å². The van der Waals surface area contributed by atoms with E-state index in [0.717, 1.165) is 36.6 Å². The second kappa shape index (κ2) is 4.66. The lowest BCUT2D eigenvalue weighted by Gasteiger charge is -2.52. The molecule has 1 saturated heterocycles. The first-order chi connectivity index (χ1) is 11.2. The van der Waals surface area contributed by atoms with Crippen LogP contribution in [0.25, 0.3) is 0 Å². The number of halogens is 1. The quantitative estimate of drug-likeness (QED) is 0.685. The molecule has 0 N–H and O–H groups in total. The van der Waals surface area contributed by atoms with Gasteiger partial charge in [-0.1, -0.05) is 12.1 Å². The summed E-state index contributed by atoms with van der Waals surface area (Å²) in [5.41, 5.74) is 4.14. The number of hydrogen-bond donors (Lipinski definition) is 0. The SMILES string of the molecule is COC1=CC=C2[C@H]3Cc4ccc(OI)c5c4[C@@]2(CCN3C)C1O5. The zero-order valence-corrected chi connectivity index (χ0v) is 15.3. The highest BCUT2D eigenvalue weighted by Crippen LogP contribution is 2.62. The largest absolute Gasteiger partial charge is 0.497 e. The van der Waals surface area contributed by atoms with E-state index in [4.69, 9.17) is 12.5 Å². The summed E-state index contributed by atoms with van der Waals surface area (Å²) in [7, 11) is 3.96. The summed E-state index contributed by atoms with van der Waals surface area (Å²) < 4.78 is 17.7. The Bertz CT molecular complexity index is 772. The van der Waals surface area contributed by atoms with E-state index in [1.807, 2.05) is 29.1 Å². The lowest BCUT2D eigenvalue weighted by Crippen LogP contribution is -2.58. The smallest absolute Gasteiger partial charge is 0.192 e. The lowest BCUT2D eigenvalue weighted by atomic mass is 9.57. The zero-order chi connectivity index (χ0) is 15.8. The number of likely N-dealkylation sites (N-methyl/N-ethyl adjacent to an activating group) is 1. The summed E-state index contributed by atoms with van der Waals surface area (Å²) >= 11 is 1.94. The van der Waals surface area contributed by atoms with E-state index in [1.54, 1.807) is 7.11 Å². The van der Waals surface area contributed by atoms with Crippen molar-refractivity contribution in [2.24, 2.45) is 0 Å². The van der Waals surface area contributed by atoms with Crippen LogP contribution >= 0.6 is 23.0 Å². The second-order valence-corrected chi connectivity index (χ2v) is 7.26. The Balaban J connectivity index is 1.84. The fraction of sp³-hybridized carbons (Fsp3) is 0.444. The molecule has 1 fully saturated rings. The van der Waals surface area contributed by atoms with Crippen molar-refractivity contribution in [2.75, 3.05) is 20.7 Å². The molecule has 2 aliphatic heterocycles. The van der Waals surface area contributed by atoms with Crippen LogP contribution in [0.15, 0.2) is 35.6 Å². The van der Waals surface area contributed by atoms with E-state index in [1.165, 1.54) is 16.7 Å². The fourth-order valence-electron chi connectivity index (χ4n) is 5.00. The van der Waals surface area contributed by atoms with E-state index < -0.39 is 0 Å². The van der Waals surface area contributed by atoms with Crippen LogP contribution in [0.4, 0.5) is 0 Å². The highest BCUT2D eigenvalue weighted by atomic mass is 127. The Hall–Kier alpha value is -1.21. The summed E-state index contributed by atoms with van der Waals surface area (Å²) in [5, 5.41) is 0. The molecule has 1 aromatic carbocycles. The molecule has 1 aromatic rings. The first-order valence-corrected chi connectivity index (χ1v) is 8.87. The van der Waals surface area contributed by atoms with Gasteiger partial charge in [-0.3, -0.25) is 4.90 Å². The minimum absolute atomic E-state index is 0.0644. The highest BCUT2D eigenvalue weighted by Gasteiger charge is 2.62. The maximum atomic E-state index is 6.46. The van der Waals surface area contributed by atoms with Gasteiger partial charge in [0.25, 0.3) is 0 Å². The maximum Gasteiger partial charge on any atom is 0.192 e. The maximum absolute atomic E-state index is 6.46. The average Bonchev–Trinajstić information content (AvgIpc) is 2.92. The molecule has 2 bridgehead atoms. The Labute approximate surface area is 149 Å². The summed E-state index contributed by atoms with van der Waals surface area (Å²) in [5.74, 6) is 2.65. The van der Waals surface area contributed by atoms with Gasteiger partial charge in [-0.05, 0) is 49.7 Å². The molecule has 3 atom stereocenters. The molecule has 0 saturated carbocycles. The predicted octanol–water partition coefficient (Wildman–Crippen LogP) is 3.14. The van der Waals surface area contributed by atoms with Gasteiger partial charge < -0.3 is 12.5 Å².